The monoisotopic (exact) mass is 384 g/mol. The van der Waals surface area contributed by atoms with Gasteiger partial charge in [-0.3, -0.25) is 0 Å². The molecule has 0 saturated carbocycles. The Labute approximate surface area is 144 Å². The third-order valence-electron chi connectivity index (χ3n) is 3.72. The van der Waals surface area contributed by atoms with Gasteiger partial charge in [0.15, 0.2) is 0 Å². The Morgan fingerprint density at radius 3 is 2.72 bits per heavy atom. The van der Waals surface area contributed by atoms with Crippen molar-refractivity contribution in [3.8, 4) is 0 Å². The van der Waals surface area contributed by atoms with Crippen molar-refractivity contribution >= 4 is 10.0 Å². The van der Waals surface area contributed by atoms with Crippen LogP contribution in [0.1, 0.15) is 12.0 Å². The molecule has 1 N–H and O–H groups in total. The van der Waals surface area contributed by atoms with Crippen LogP contribution in [0.5, 0.6) is 0 Å². The van der Waals surface area contributed by atoms with E-state index in [0.717, 1.165) is 6.54 Å². The molecule has 0 aliphatic carbocycles. The van der Waals surface area contributed by atoms with Crippen molar-refractivity contribution in [1.82, 2.24) is 9.62 Å². The molecule has 1 heterocycles. The fraction of sp³-hybridized carbons (Fsp3) is 0.600. The number of hydrogen-bond donors (Lipinski definition) is 1. The highest BCUT2D eigenvalue weighted by molar-refractivity contribution is 7.89. The lowest BCUT2D eigenvalue weighted by Gasteiger charge is -2.20. The molecule has 1 aromatic rings. The second-order valence-electron chi connectivity index (χ2n) is 5.71. The summed E-state index contributed by atoms with van der Waals surface area (Å²) in [5.74, 6) is -4.23. The summed E-state index contributed by atoms with van der Waals surface area (Å²) in [6, 6.07) is 5.68. The number of benzene rings is 1. The van der Waals surface area contributed by atoms with Crippen molar-refractivity contribution in [3.63, 3.8) is 0 Å². The highest BCUT2D eigenvalue weighted by atomic mass is 32.2. The van der Waals surface area contributed by atoms with Crippen molar-refractivity contribution in [3.05, 3.63) is 29.8 Å². The van der Waals surface area contributed by atoms with Crippen LogP contribution in [-0.4, -0.2) is 57.9 Å². The van der Waals surface area contributed by atoms with Gasteiger partial charge in [0.2, 0.25) is 10.0 Å². The summed E-state index contributed by atoms with van der Waals surface area (Å²) < 4.78 is 81.1. The van der Waals surface area contributed by atoms with Gasteiger partial charge in [-0.15, -0.1) is 0 Å². The summed E-state index contributed by atoms with van der Waals surface area (Å²) in [4.78, 5) is 0.0242. The summed E-state index contributed by atoms with van der Waals surface area (Å²) in [5, 5.41) is 3.10. The number of alkyl halides is 4. The maximum Gasteiger partial charge on any atom is 0.330 e. The standard InChI is InChI=1S/C15H20F4N2O3S/c16-14(17)15(18,19)11-24-10-12-3-1-4-13(9-12)25(22,23)21-7-2-5-20-6-8-21/h1,3-4,9,14,20H,2,5-8,10-11H2. The first-order valence-corrected chi connectivity index (χ1v) is 9.21. The third-order valence-corrected chi connectivity index (χ3v) is 5.61. The van der Waals surface area contributed by atoms with Gasteiger partial charge in [-0.2, -0.15) is 13.1 Å². The fourth-order valence-electron chi connectivity index (χ4n) is 2.37. The number of rotatable bonds is 7. The number of sulfonamides is 1. The molecule has 2 rings (SSSR count). The van der Waals surface area contributed by atoms with Crippen LogP contribution < -0.4 is 5.32 Å². The van der Waals surface area contributed by atoms with Crippen LogP contribution in [0, 0.1) is 0 Å². The SMILES string of the molecule is O=S(=O)(c1cccc(COCC(F)(F)C(F)F)c1)N1CCCNCC1. The summed E-state index contributed by atoms with van der Waals surface area (Å²) in [6.45, 7) is 0.190. The second kappa shape index (κ2) is 8.43. The number of hydrogen-bond acceptors (Lipinski definition) is 4. The quantitative estimate of drug-likeness (QED) is 0.732. The van der Waals surface area contributed by atoms with Gasteiger partial charge in [0.1, 0.15) is 6.61 Å². The van der Waals surface area contributed by atoms with E-state index in [1.807, 2.05) is 0 Å². The Morgan fingerprint density at radius 1 is 1.24 bits per heavy atom. The van der Waals surface area contributed by atoms with Gasteiger partial charge in [0.05, 0.1) is 11.5 Å². The average molecular weight is 384 g/mol. The molecule has 0 radical (unpaired) electrons. The lowest BCUT2D eigenvalue weighted by Crippen LogP contribution is -2.34. The van der Waals surface area contributed by atoms with Gasteiger partial charge < -0.3 is 10.1 Å². The van der Waals surface area contributed by atoms with Crippen LogP contribution in [0.15, 0.2) is 29.2 Å². The fourth-order valence-corrected chi connectivity index (χ4v) is 3.92. The number of halogens is 4. The van der Waals surface area contributed by atoms with Crippen LogP contribution in [0.3, 0.4) is 0 Å². The minimum absolute atomic E-state index is 0.0242. The predicted octanol–water partition coefficient (Wildman–Crippen LogP) is 2.09. The highest BCUT2D eigenvalue weighted by Crippen LogP contribution is 2.24. The predicted molar refractivity (Wildman–Crippen MR) is 83.3 cm³/mol. The van der Waals surface area contributed by atoms with Crippen molar-refractivity contribution in [2.24, 2.45) is 0 Å². The third kappa shape index (κ3) is 5.37. The summed E-state index contributed by atoms with van der Waals surface area (Å²) >= 11 is 0. The van der Waals surface area contributed by atoms with E-state index in [1.54, 1.807) is 0 Å². The van der Waals surface area contributed by atoms with Crippen molar-refractivity contribution in [2.45, 2.75) is 30.3 Å². The van der Waals surface area contributed by atoms with Crippen LogP contribution in [-0.2, 0) is 21.4 Å². The normalized spacial score (nSPS) is 17.6. The molecular formula is C15H20F4N2O3S. The van der Waals surface area contributed by atoms with Crippen LogP contribution in [0.2, 0.25) is 0 Å². The number of nitrogens with zero attached hydrogens (tertiary/aromatic N) is 1. The highest BCUT2D eigenvalue weighted by Gasteiger charge is 2.40. The van der Waals surface area contributed by atoms with E-state index >= 15 is 0 Å². The molecule has 0 atom stereocenters. The Kier molecular flexibility index (Phi) is 6.78. The first-order valence-electron chi connectivity index (χ1n) is 7.77. The van der Waals surface area contributed by atoms with E-state index < -0.39 is 29.0 Å². The Morgan fingerprint density at radius 2 is 2.00 bits per heavy atom. The molecule has 0 aromatic heterocycles. The molecule has 1 aromatic carbocycles. The molecule has 25 heavy (non-hydrogen) atoms. The lowest BCUT2D eigenvalue weighted by molar-refractivity contribution is -0.168. The largest absolute Gasteiger partial charge is 0.370 e. The first kappa shape index (κ1) is 20.1. The van der Waals surface area contributed by atoms with Gasteiger partial charge in [-0.25, -0.2) is 17.2 Å². The molecule has 0 unspecified atom stereocenters. The number of nitrogens with one attached hydrogen (secondary N) is 1. The maximum atomic E-state index is 12.8. The van der Waals surface area contributed by atoms with E-state index in [4.69, 9.17) is 0 Å². The van der Waals surface area contributed by atoms with Gasteiger partial charge in [-0.05, 0) is 30.7 Å². The lowest BCUT2D eigenvalue weighted by atomic mass is 10.2. The zero-order valence-electron chi connectivity index (χ0n) is 13.4. The van der Waals surface area contributed by atoms with Gasteiger partial charge in [0.25, 0.3) is 0 Å². The molecule has 0 amide bonds. The van der Waals surface area contributed by atoms with Gasteiger partial charge in [0, 0.05) is 19.6 Å². The molecule has 5 nitrogen and oxygen atoms in total. The van der Waals surface area contributed by atoms with E-state index in [9.17, 15) is 26.0 Å². The topological polar surface area (TPSA) is 58.6 Å². The van der Waals surface area contributed by atoms with Crippen LogP contribution in [0.25, 0.3) is 0 Å². The molecule has 1 saturated heterocycles. The van der Waals surface area contributed by atoms with E-state index in [2.05, 4.69) is 10.1 Å². The second-order valence-corrected chi connectivity index (χ2v) is 7.65. The smallest absolute Gasteiger partial charge is 0.330 e. The summed E-state index contributed by atoms with van der Waals surface area (Å²) in [5.41, 5.74) is 0.319. The van der Waals surface area contributed by atoms with Crippen LogP contribution >= 0.6 is 0 Å². The molecule has 1 fully saturated rings. The zero-order valence-corrected chi connectivity index (χ0v) is 14.2. The molecule has 1 aliphatic heterocycles. The maximum absolute atomic E-state index is 12.8. The molecule has 10 heteroatoms. The molecular weight excluding hydrogens is 364 g/mol. The number of ether oxygens (including phenoxy) is 1. The Hall–Kier alpha value is -1.23. The molecule has 0 bridgehead atoms. The van der Waals surface area contributed by atoms with E-state index in [0.29, 0.717) is 31.6 Å². The van der Waals surface area contributed by atoms with Crippen molar-refractivity contribution in [1.29, 1.82) is 0 Å². The van der Waals surface area contributed by atoms with Crippen molar-refractivity contribution < 1.29 is 30.7 Å². The van der Waals surface area contributed by atoms with Gasteiger partial charge >= 0.3 is 12.3 Å². The van der Waals surface area contributed by atoms with E-state index in [1.165, 1.54) is 28.6 Å². The van der Waals surface area contributed by atoms with Crippen molar-refractivity contribution in [2.75, 3.05) is 32.8 Å². The van der Waals surface area contributed by atoms with Gasteiger partial charge in [-0.1, -0.05) is 12.1 Å². The zero-order chi connectivity index (χ0) is 18.5. The summed E-state index contributed by atoms with van der Waals surface area (Å²) in [7, 11) is -3.71. The molecule has 0 spiro atoms. The Bertz CT molecular complexity index is 662. The van der Waals surface area contributed by atoms with Crippen LogP contribution in [0.4, 0.5) is 17.6 Å². The first-order chi connectivity index (χ1) is 11.7. The average Bonchev–Trinajstić information content (AvgIpc) is 2.84. The van der Waals surface area contributed by atoms with E-state index in [-0.39, 0.29) is 11.5 Å². The Balaban J connectivity index is 2.05. The summed E-state index contributed by atoms with van der Waals surface area (Å²) in [6.07, 6.45) is -3.12. The minimum atomic E-state index is -4.23. The minimum Gasteiger partial charge on any atom is -0.370 e. The molecule has 1 aliphatic rings. The molecule has 142 valence electrons.